The Kier molecular flexibility index (Phi) is 6.65. The van der Waals surface area contributed by atoms with Crippen molar-refractivity contribution in [3.8, 4) is 5.75 Å². The van der Waals surface area contributed by atoms with Gasteiger partial charge in [-0.25, -0.2) is 13.1 Å². The quantitative estimate of drug-likeness (QED) is 0.589. The van der Waals surface area contributed by atoms with Gasteiger partial charge in [-0.3, -0.25) is 9.59 Å². The SMILES string of the molecule is COc1ccc(NC(=O)CCNS(=O)(=O)c2ccc3c(c2)C[C@H](C)N3C(=O)C2CC2)cc1Cl. The Morgan fingerprint density at radius 1 is 1.18 bits per heavy atom. The number of rotatable bonds is 8. The maximum absolute atomic E-state index is 12.7. The number of halogens is 1. The second kappa shape index (κ2) is 9.32. The first-order chi connectivity index (χ1) is 15.7. The molecule has 0 radical (unpaired) electrons. The Bertz CT molecular complexity index is 1200. The van der Waals surface area contributed by atoms with Gasteiger partial charge in [-0.1, -0.05) is 11.6 Å². The van der Waals surface area contributed by atoms with Gasteiger partial charge in [-0.2, -0.15) is 0 Å². The monoisotopic (exact) mass is 491 g/mol. The molecule has 2 aliphatic rings. The van der Waals surface area contributed by atoms with Crippen molar-refractivity contribution in [2.75, 3.05) is 23.9 Å². The molecule has 10 heteroatoms. The molecule has 2 aromatic carbocycles. The third kappa shape index (κ3) is 5.15. The maximum atomic E-state index is 12.7. The lowest BCUT2D eigenvalue weighted by molar-refractivity contribution is -0.120. The largest absolute Gasteiger partial charge is 0.495 e. The van der Waals surface area contributed by atoms with Crippen molar-refractivity contribution < 1.29 is 22.7 Å². The van der Waals surface area contributed by atoms with E-state index in [9.17, 15) is 18.0 Å². The number of sulfonamides is 1. The molecule has 1 fully saturated rings. The zero-order chi connectivity index (χ0) is 23.8. The van der Waals surface area contributed by atoms with Crippen LogP contribution in [0.25, 0.3) is 0 Å². The molecule has 2 amide bonds. The van der Waals surface area contributed by atoms with E-state index in [1.54, 1.807) is 35.2 Å². The molecule has 0 bridgehead atoms. The molecular formula is C23H26ClN3O5S. The normalized spacial score (nSPS) is 17.5. The average molecular weight is 492 g/mol. The summed E-state index contributed by atoms with van der Waals surface area (Å²) in [7, 11) is -2.30. The predicted octanol–water partition coefficient (Wildman–Crippen LogP) is 3.34. The third-order valence-corrected chi connectivity index (χ3v) is 7.57. The van der Waals surface area contributed by atoms with Gasteiger partial charge in [0, 0.05) is 36.3 Å². The van der Waals surface area contributed by atoms with Crippen molar-refractivity contribution in [3.05, 3.63) is 47.0 Å². The molecule has 0 spiro atoms. The molecule has 1 aliphatic carbocycles. The number of carbonyl (C=O) groups is 2. The van der Waals surface area contributed by atoms with Gasteiger partial charge >= 0.3 is 0 Å². The van der Waals surface area contributed by atoms with Crippen LogP contribution in [0.4, 0.5) is 11.4 Å². The number of nitrogens with zero attached hydrogens (tertiary/aromatic N) is 1. The van der Waals surface area contributed by atoms with Gasteiger partial charge in [0.05, 0.1) is 17.0 Å². The van der Waals surface area contributed by atoms with Crippen molar-refractivity contribution in [3.63, 3.8) is 0 Å². The first kappa shape index (κ1) is 23.5. The number of hydrogen-bond acceptors (Lipinski definition) is 5. The van der Waals surface area contributed by atoms with Crippen LogP contribution in [0.2, 0.25) is 5.02 Å². The molecule has 4 rings (SSSR count). The van der Waals surface area contributed by atoms with Crippen molar-refractivity contribution in [1.82, 2.24) is 4.72 Å². The molecule has 1 saturated carbocycles. The van der Waals surface area contributed by atoms with Gasteiger partial charge in [-0.15, -0.1) is 0 Å². The molecular weight excluding hydrogens is 466 g/mol. The van der Waals surface area contributed by atoms with Crippen LogP contribution in [0.15, 0.2) is 41.3 Å². The molecule has 2 N–H and O–H groups in total. The number of hydrogen-bond donors (Lipinski definition) is 2. The van der Waals surface area contributed by atoms with Gasteiger partial charge in [0.25, 0.3) is 0 Å². The van der Waals surface area contributed by atoms with Crippen molar-refractivity contribution in [1.29, 1.82) is 0 Å². The van der Waals surface area contributed by atoms with Crippen LogP contribution >= 0.6 is 11.6 Å². The number of carbonyl (C=O) groups excluding carboxylic acids is 2. The van der Waals surface area contributed by atoms with E-state index in [1.807, 2.05) is 6.92 Å². The summed E-state index contributed by atoms with van der Waals surface area (Å²) < 4.78 is 33.0. The first-order valence-corrected chi connectivity index (χ1v) is 12.6. The van der Waals surface area contributed by atoms with Crippen LogP contribution in [-0.2, 0) is 26.0 Å². The van der Waals surface area contributed by atoms with E-state index in [0.717, 1.165) is 24.1 Å². The van der Waals surface area contributed by atoms with Crippen molar-refractivity contribution >= 4 is 44.8 Å². The summed E-state index contributed by atoms with van der Waals surface area (Å²) in [6, 6.07) is 9.68. The van der Waals surface area contributed by atoms with E-state index in [-0.39, 0.29) is 41.6 Å². The molecule has 1 heterocycles. The summed E-state index contributed by atoms with van der Waals surface area (Å²) in [6.45, 7) is 1.92. The van der Waals surface area contributed by atoms with Gasteiger partial charge in [0.15, 0.2) is 0 Å². The lowest BCUT2D eigenvalue weighted by Gasteiger charge is -2.22. The molecule has 1 aliphatic heterocycles. The van der Waals surface area contributed by atoms with Crippen LogP contribution in [0, 0.1) is 5.92 Å². The van der Waals surface area contributed by atoms with Gasteiger partial charge < -0.3 is 15.0 Å². The Labute approximate surface area is 198 Å². The lowest BCUT2D eigenvalue weighted by atomic mass is 10.1. The summed E-state index contributed by atoms with van der Waals surface area (Å²) in [6.07, 6.45) is 2.41. The number of fused-ring (bicyclic) bond motifs is 1. The molecule has 33 heavy (non-hydrogen) atoms. The molecule has 0 aromatic heterocycles. The van der Waals surface area contributed by atoms with Crippen LogP contribution in [0.3, 0.4) is 0 Å². The summed E-state index contributed by atoms with van der Waals surface area (Å²) in [4.78, 5) is 26.7. The van der Waals surface area contributed by atoms with E-state index in [1.165, 1.54) is 13.2 Å². The third-order valence-electron chi connectivity index (χ3n) is 5.82. The molecule has 2 aromatic rings. The average Bonchev–Trinajstić information content (AvgIpc) is 3.55. The van der Waals surface area contributed by atoms with E-state index >= 15 is 0 Å². The van der Waals surface area contributed by atoms with Crippen molar-refractivity contribution in [2.24, 2.45) is 5.92 Å². The Balaban J connectivity index is 1.35. The molecule has 8 nitrogen and oxygen atoms in total. The van der Waals surface area contributed by atoms with Crippen molar-refractivity contribution in [2.45, 2.75) is 43.5 Å². The number of ether oxygens (including phenoxy) is 1. The first-order valence-electron chi connectivity index (χ1n) is 10.8. The second-order valence-corrected chi connectivity index (χ2v) is 10.5. The highest BCUT2D eigenvalue weighted by molar-refractivity contribution is 7.89. The van der Waals surface area contributed by atoms with Gasteiger partial charge in [-0.05, 0) is 68.1 Å². The molecule has 0 saturated heterocycles. The molecule has 0 unspecified atom stereocenters. The number of nitrogens with one attached hydrogen (secondary N) is 2. The van der Waals surface area contributed by atoms with E-state index in [0.29, 0.717) is 22.9 Å². The lowest BCUT2D eigenvalue weighted by Crippen LogP contribution is -2.36. The Morgan fingerprint density at radius 2 is 1.94 bits per heavy atom. The minimum atomic E-state index is -3.80. The fourth-order valence-electron chi connectivity index (χ4n) is 3.99. The summed E-state index contributed by atoms with van der Waals surface area (Å²) in [5.41, 5.74) is 2.12. The maximum Gasteiger partial charge on any atom is 0.240 e. The highest BCUT2D eigenvalue weighted by Gasteiger charge is 2.39. The van der Waals surface area contributed by atoms with E-state index in [2.05, 4.69) is 10.0 Å². The van der Waals surface area contributed by atoms with Gasteiger partial charge in [0.1, 0.15) is 5.75 Å². The minimum Gasteiger partial charge on any atom is -0.495 e. The molecule has 1 atom stereocenters. The summed E-state index contributed by atoms with van der Waals surface area (Å²) in [5, 5.41) is 3.04. The summed E-state index contributed by atoms with van der Waals surface area (Å²) >= 11 is 6.05. The number of methoxy groups -OCH3 is 1. The van der Waals surface area contributed by atoms with Crippen LogP contribution in [-0.4, -0.2) is 39.9 Å². The van der Waals surface area contributed by atoms with Gasteiger partial charge in [0.2, 0.25) is 21.8 Å². The Hall–Kier alpha value is -2.62. The Morgan fingerprint density at radius 3 is 2.61 bits per heavy atom. The van der Waals surface area contributed by atoms with Crippen LogP contribution < -0.4 is 19.7 Å². The van der Waals surface area contributed by atoms with E-state index < -0.39 is 10.0 Å². The fraction of sp³-hybridized carbons (Fsp3) is 0.391. The zero-order valence-corrected chi connectivity index (χ0v) is 20.0. The number of amides is 2. The zero-order valence-electron chi connectivity index (χ0n) is 18.4. The highest BCUT2D eigenvalue weighted by atomic mass is 35.5. The second-order valence-electron chi connectivity index (χ2n) is 8.37. The minimum absolute atomic E-state index is 0.00849. The number of benzene rings is 2. The predicted molar refractivity (Wildman–Crippen MR) is 126 cm³/mol. The molecule has 176 valence electrons. The highest BCUT2D eigenvalue weighted by Crippen LogP contribution is 2.39. The standard InChI is InChI=1S/C23H26ClN3O5S/c1-14-11-16-12-18(6-7-20(16)27(14)23(29)15-3-4-15)33(30,31)25-10-9-22(28)26-17-5-8-21(32-2)19(24)13-17/h5-8,12-15,25H,3-4,9-11H2,1-2H3,(H,26,28)/t14-/m0/s1. The van der Waals surface area contributed by atoms with Crippen LogP contribution in [0.1, 0.15) is 31.7 Å². The fourth-order valence-corrected chi connectivity index (χ4v) is 5.33. The van der Waals surface area contributed by atoms with E-state index in [4.69, 9.17) is 16.3 Å². The number of anilines is 2. The summed E-state index contributed by atoms with van der Waals surface area (Å²) in [5.74, 6) is 0.366. The topological polar surface area (TPSA) is 105 Å². The smallest absolute Gasteiger partial charge is 0.240 e. The van der Waals surface area contributed by atoms with Crippen LogP contribution in [0.5, 0.6) is 5.75 Å².